The second kappa shape index (κ2) is 5.49. The third kappa shape index (κ3) is 3.07. The van der Waals surface area contributed by atoms with Gasteiger partial charge in [0.25, 0.3) is 5.56 Å². The van der Waals surface area contributed by atoms with E-state index in [0.717, 1.165) is 11.4 Å². The second-order valence-corrected chi connectivity index (χ2v) is 4.25. The molecule has 0 aliphatic rings. The maximum Gasteiger partial charge on any atom is 0.251 e. The lowest BCUT2D eigenvalue weighted by molar-refractivity contribution is 0.936. The van der Waals surface area contributed by atoms with Crippen molar-refractivity contribution in [1.82, 2.24) is 15.0 Å². The van der Waals surface area contributed by atoms with E-state index in [0.29, 0.717) is 10.9 Å². The van der Waals surface area contributed by atoms with Crippen LogP contribution in [0.25, 0.3) is 0 Å². The van der Waals surface area contributed by atoms with Gasteiger partial charge in [0.1, 0.15) is 5.82 Å². The minimum absolute atomic E-state index is 0.137. The molecule has 17 heavy (non-hydrogen) atoms. The zero-order chi connectivity index (χ0) is 12.1. The van der Waals surface area contributed by atoms with E-state index in [4.69, 9.17) is 0 Å². The van der Waals surface area contributed by atoms with Crippen LogP contribution >= 0.6 is 11.8 Å². The van der Waals surface area contributed by atoms with E-state index >= 15 is 0 Å². The van der Waals surface area contributed by atoms with E-state index in [-0.39, 0.29) is 5.56 Å². The molecule has 2 heterocycles. The standard InChI is InChI=1S/C11H12N4OS/c1-12-10-8(3-2-5-13-10)7-17-11-14-6-4-9(16)15-11/h2-6H,7H2,1H3,(H,12,13)(H,14,15,16). The van der Waals surface area contributed by atoms with Crippen LogP contribution in [0.15, 0.2) is 40.5 Å². The van der Waals surface area contributed by atoms with Gasteiger partial charge in [-0.3, -0.25) is 4.79 Å². The molecular weight excluding hydrogens is 236 g/mol. The Morgan fingerprint density at radius 1 is 1.35 bits per heavy atom. The van der Waals surface area contributed by atoms with Crippen molar-refractivity contribution in [3.8, 4) is 0 Å². The number of hydrogen-bond acceptors (Lipinski definition) is 5. The first kappa shape index (κ1) is 11.7. The summed E-state index contributed by atoms with van der Waals surface area (Å²) in [5.41, 5.74) is 0.939. The van der Waals surface area contributed by atoms with E-state index in [1.54, 1.807) is 6.20 Å². The highest BCUT2D eigenvalue weighted by Crippen LogP contribution is 2.21. The summed E-state index contributed by atoms with van der Waals surface area (Å²) in [7, 11) is 1.83. The lowest BCUT2D eigenvalue weighted by atomic mass is 10.3. The second-order valence-electron chi connectivity index (χ2n) is 3.29. The van der Waals surface area contributed by atoms with Gasteiger partial charge < -0.3 is 10.3 Å². The predicted octanol–water partition coefficient (Wildman–Crippen LogP) is 1.50. The summed E-state index contributed by atoms with van der Waals surface area (Å²) in [6.45, 7) is 0. The van der Waals surface area contributed by atoms with Gasteiger partial charge in [0.05, 0.1) is 0 Å². The molecule has 0 aromatic carbocycles. The molecule has 0 bridgehead atoms. The average molecular weight is 248 g/mol. The number of hydrogen-bond donors (Lipinski definition) is 2. The molecule has 2 aromatic heterocycles. The van der Waals surface area contributed by atoms with Crippen LogP contribution < -0.4 is 10.9 Å². The number of pyridine rings is 1. The SMILES string of the molecule is CNc1ncccc1CSc1nccc(=O)[nH]1. The van der Waals surface area contributed by atoms with E-state index < -0.39 is 0 Å². The number of anilines is 1. The number of H-pyrrole nitrogens is 1. The molecule has 0 aliphatic carbocycles. The lowest BCUT2D eigenvalue weighted by Crippen LogP contribution is -2.05. The van der Waals surface area contributed by atoms with Crippen molar-refractivity contribution in [2.75, 3.05) is 12.4 Å². The van der Waals surface area contributed by atoms with Crippen molar-refractivity contribution in [2.45, 2.75) is 10.9 Å². The van der Waals surface area contributed by atoms with Crippen LogP contribution in [0, 0.1) is 0 Å². The number of aromatic nitrogens is 3. The van der Waals surface area contributed by atoms with Crippen molar-refractivity contribution in [1.29, 1.82) is 0 Å². The van der Waals surface area contributed by atoms with E-state index in [2.05, 4.69) is 20.3 Å². The molecule has 2 rings (SSSR count). The number of nitrogens with zero attached hydrogens (tertiary/aromatic N) is 2. The predicted molar refractivity (Wildman–Crippen MR) is 68.2 cm³/mol. The fourth-order valence-electron chi connectivity index (χ4n) is 1.35. The van der Waals surface area contributed by atoms with Crippen LogP contribution in [0.3, 0.4) is 0 Å². The Labute approximate surface area is 103 Å². The first-order valence-electron chi connectivity index (χ1n) is 5.09. The van der Waals surface area contributed by atoms with Crippen molar-refractivity contribution >= 4 is 17.6 Å². The summed E-state index contributed by atoms with van der Waals surface area (Å²) in [6.07, 6.45) is 3.24. The van der Waals surface area contributed by atoms with Gasteiger partial charge in [-0.1, -0.05) is 17.8 Å². The number of thioether (sulfide) groups is 1. The van der Waals surface area contributed by atoms with Crippen molar-refractivity contribution in [3.05, 3.63) is 46.5 Å². The van der Waals surface area contributed by atoms with Crippen LogP contribution in [0.2, 0.25) is 0 Å². The average Bonchev–Trinajstić information content (AvgIpc) is 2.37. The Kier molecular flexibility index (Phi) is 3.77. The molecule has 0 radical (unpaired) electrons. The largest absolute Gasteiger partial charge is 0.373 e. The van der Waals surface area contributed by atoms with Gasteiger partial charge in [0.2, 0.25) is 0 Å². The summed E-state index contributed by atoms with van der Waals surface area (Å²) < 4.78 is 0. The highest BCUT2D eigenvalue weighted by atomic mass is 32.2. The first-order valence-corrected chi connectivity index (χ1v) is 6.08. The third-order valence-electron chi connectivity index (χ3n) is 2.14. The highest BCUT2D eigenvalue weighted by molar-refractivity contribution is 7.98. The summed E-state index contributed by atoms with van der Waals surface area (Å²) in [5.74, 6) is 1.55. The van der Waals surface area contributed by atoms with Crippen molar-refractivity contribution in [3.63, 3.8) is 0 Å². The zero-order valence-electron chi connectivity index (χ0n) is 9.30. The minimum Gasteiger partial charge on any atom is -0.373 e. The van der Waals surface area contributed by atoms with Crippen molar-refractivity contribution in [2.24, 2.45) is 0 Å². The Hall–Kier alpha value is -1.82. The van der Waals surface area contributed by atoms with Crippen LogP contribution in [0.1, 0.15) is 5.56 Å². The fourth-order valence-corrected chi connectivity index (χ4v) is 2.18. The molecular formula is C11H12N4OS. The van der Waals surface area contributed by atoms with Gasteiger partial charge in [-0.25, -0.2) is 9.97 Å². The molecule has 0 saturated heterocycles. The van der Waals surface area contributed by atoms with Crippen molar-refractivity contribution < 1.29 is 0 Å². The number of nitrogens with one attached hydrogen (secondary N) is 2. The monoisotopic (exact) mass is 248 g/mol. The smallest absolute Gasteiger partial charge is 0.251 e. The molecule has 88 valence electrons. The molecule has 2 N–H and O–H groups in total. The van der Waals surface area contributed by atoms with Gasteiger partial charge in [-0.2, -0.15) is 0 Å². The summed E-state index contributed by atoms with van der Waals surface area (Å²) in [5, 5.41) is 3.64. The van der Waals surface area contributed by atoms with Crippen LogP contribution in [0.5, 0.6) is 0 Å². The van der Waals surface area contributed by atoms with Gasteiger partial charge in [0, 0.05) is 36.8 Å². The van der Waals surface area contributed by atoms with Gasteiger partial charge in [-0.05, 0) is 6.07 Å². The summed E-state index contributed by atoms with van der Waals surface area (Å²) in [6, 6.07) is 5.28. The third-order valence-corrected chi connectivity index (χ3v) is 3.08. The molecule has 0 amide bonds. The molecule has 0 atom stereocenters. The van der Waals surface area contributed by atoms with Crippen LogP contribution in [-0.2, 0) is 5.75 Å². The first-order chi connectivity index (χ1) is 8.29. The highest BCUT2D eigenvalue weighted by Gasteiger charge is 2.03. The van der Waals surface area contributed by atoms with Gasteiger partial charge in [0.15, 0.2) is 5.16 Å². The van der Waals surface area contributed by atoms with E-state index in [1.807, 2.05) is 19.2 Å². The quantitative estimate of drug-likeness (QED) is 0.634. The van der Waals surface area contributed by atoms with Gasteiger partial charge >= 0.3 is 0 Å². The lowest BCUT2D eigenvalue weighted by Gasteiger charge is -2.06. The van der Waals surface area contributed by atoms with Crippen LogP contribution in [0.4, 0.5) is 5.82 Å². The fraction of sp³-hybridized carbons (Fsp3) is 0.182. The molecule has 0 aliphatic heterocycles. The minimum atomic E-state index is -0.137. The molecule has 0 fully saturated rings. The zero-order valence-corrected chi connectivity index (χ0v) is 10.1. The molecule has 0 unspecified atom stereocenters. The van der Waals surface area contributed by atoms with E-state index in [1.165, 1.54) is 24.0 Å². The summed E-state index contributed by atoms with van der Waals surface area (Å²) in [4.78, 5) is 22.0. The molecule has 0 saturated carbocycles. The molecule has 2 aromatic rings. The number of rotatable bonds is 4. The maximum absolute atomic E-state index is 11.1. The Morgan fingerprint density at radius 2 is 2.24 bits per heavy atom. The Balaban J connectivity index is 2.09. The maximum atomic E-state index is 11.1. The molecule has 6 heteroatoms. The molecule has 5 nitrogen and oxygen atoms in total. The van der Waals surface area contributed by atoms with E-state index in [9.17, 15) is 4.79 Å². The Morgan fingerprint density at radius 3 is 3.00 bits per heavy atom. The topological polar surface area (TPSA) is 70.7 Å². The normalized spacial score (nSPS) is 10.2. The van der Waals surface area contributed by atoms with Gasteiger partial charge in [-0.15, -0.1) is 0 Å². The molecule has 0 spiro atoms. The Bertz CT molecular complexity index is 555. The van der Waals surface area contributed by atoms with Crippen LogP contribution in [-0.4, -0.2) is 22.0 Å². The number of aromatic amines is 1. The summed E-state index contributed by atoms with van der Waals surface area (Å²) >= 11 is 1.47.